The van der Waals surface area contributed by atoms with Gasteiger partial charge in [0.2, 0.25) is 0 Å². The fourth-order valence-corrected chi connectivity index (χ4v) is 3.56. The molecule has 24 heavy (non-hydrogen) atoms. The summed E-state index contributed by atoms with van der Waals surface area (Å²) < 4.78 is 0. The van der Waals surface area contributed by atoms with E-state index in [0.29, 0.717) is 0 Å². The Bertz CT molecular complexity index is 996. The molecule has 0 spiro atoms. The van der Waals surface area contributed by atoms with Gasteiger partial charge in [0.05, 0.1) is 0 Å². The molecule has 0 fully saturated rings. The molecule has 4 aromatic rings. The molecule has 4 rings (SSSR count). The summed E-state index contributed by atoms with van der Waals surface area (Å²) in [5.74, 6) is 0. The second-order valence-corrected chi connectivity index (χ2v) is 6.17. The highest BCUT2D eigenvalue weighted by Gasteiger charge is 2.12. The zero-order chi connectivity index (χ0) is 16.4. The van der Waals surface area contributed by atoms with Gasteiger partial charge in [0.15, 0.2) is 0 Å². The van der Waals surface area contributed by atoms with E-state index in [2.05, 4.69) is 78.9 Å². The second kappa shape index (κ2) is 6.46. The molecule has 0 unspecified atom stereocenters. The molecule has 0 aromatic heterocycles. The molecule has 0 saturated heterocycles. The Hall–Kier alpha value is -2.64. The molecule has 118 valence electrons. The molecule has 1 N–H and O–H groups in total. The molecule has 0 amide bonds. The molecule has 0 aliphatic heterocycles. The van der Waals surface area contributed by atoms with E-state index in [1.807, 2.05) is 0 Å². The van der Waals surface area contributed by atoms with E-state index in [4.69, 9.17) is 0 Å². The Balaban J connectivity index is 2.06. The number of hydrogen-bond donors (Lipinski definition) is 1. The summed E-state index contributed by atoms with van der Waals surface area (Å²) in [4.78, 5) is 0. The van der Waals surface area contributed by atoms with Gasteiger partial charge in [0, 0.05) is 6.61 Å². The zero-order valence-electron chi connectivity index (χ0n) is 13.6. The van der Waals surface area contributed by atoms with E-state index < -0.39 is 0 Å². The van der Waals surface area contributed by atoms with Crippen LogP contribution in [0.3, 0.4) is 0 Å². The summed E-state index contributed by atoms with van der Waals surface area (Å²) in [5, 5.41) is 14.4. The van der Waals surface area contributed by atoms with Gasteiger partial charge in [-0.15, -0.1) is 0 Å². The fraction of sp³-hybridized carbons (Fsp3) is 0.130. The third-order valence-corrected chi connectivity index (χ3v) is 4.68. The molecular weight excluding hydrogens is 292 g/mol. The van der Waals surface area contributed by atoms with Crippen molar-refractivity contribution < 1.29 is 5.11 Å². The van der Waals surface area contributed by atoms with Crippen LogP contribution in [-0.4, -0.2) is 11.7 Å². The van der Waals surface area contributed by atoms with Crippen LogP contribution in [0.5, 0.6) is 0 Å². The molecular formula is C23H20O. The van der Waals surface area contributed by atoms with Crippen molar-refractivity contribution in [3.8, 4) is 11.1 Å². The summed E-state index contributed by atoms with van der Waals surface area (Å²) in [6.07, 6.45) is 1.68. The first-order valence-corrected chi connectivity index (χ1v) is 8.48. The van der Waals surface area contributed by atoms with Crippen molar-refractivity contribution in [2.45, 2.75) is 12.8 Å². The van der Waals surface area contributed by atoms with Crippen LogP contribution in [0.4, 0.5) is 0 Å². The number of benzene rings is 4. The molecule has 0 radical (unpaired) electrons. The third-order valence-electron chi connectivity index (χ3n) is 4.68. The Morgan fingerprint density at radius 3 is 2.08 bits per heavy atom. The standard InChI is InChI=1S/C23H20O/c24-16-6-10-19-15-14-18-8-2-4-12-21(18)23(19)22-13-5-9-17-7-1-3-11-20(17)22/h1-5,7-9,11-15,24H,6,10,16H2. The van der Waals surface area contributed by atoms with E-state index in [-0.39, 0.29) is 6.61 Å². The second-order valence-electron chi connectivity index (χ2n) is 6.17. The number of rotatable bonds is 4. The van der Waals surface area contributed by atoms with Gasteiger partial charge in [-0.05, 0) is 51.1 Å². The lowest BCUT2D eigenvalue weighted by molar-refractivity contribution is 0.288. The summed E-state index contributed by atoms with van der Waals surface area (Å²) in [6, 6.07) is 28.0. The van der Waals surface area contributed by atoms with E-state index in [9.17, 15) is 5.11 Å². The zero-order valence-corrected chi connectivity index (χ0v) is 13.6. The van der Waals surface area contributed by atoms with Gasteiger partial charge >= 0.3 is 0 Å². The average Bonchev–Trinajstić information content (AvgIpc) is 2.65. The Kier molecular flexibility index (Phi) is 4.02. The van der Waals surface area contributed by atoms with Crippen molar-refractivity contribution in [1.29, 1.82) is 0 Å². The van der Waals surface area contributed by atoms with Crippen LogP contribution >= 0.6 is 0 Å². The Morgan fingerprint density at radius 2 is 1.29 bits per heavy atom. The molecule has 0 aliphatic rings. The van der Waals surface area contributed by atoms with Gasteiger partial charge in [-0.1, -0.05) is 78.9 Å². The van der Waals surface area contributed by atoms with Crippen LogP contribution < -0.4 is 0 Å². The predicted molar refractivity (Wildman–Crippen MR) is 102 cm³/mol. The van der Waals surface area contributed by atoms with Crippen LogP contribution in [-0.2, 0) is 6.42 Å². The minimum Gasteiger partial charge on any atom is -0.396 e. The van der Waals surface area contributed by atoms with E-state index in [0.717, 1.165) is 12.8 Å². The molecule has 0 bridgehead atoms. The van der Waals surface area contributed by atoms with Gasteiger partial charge in [-0.3, -0.25) is 0 Å². The summed E-state index contributed by atoms with van der Waals surface area (Å²) in [7, 11) is 0. The first-order chi connectivity index (χ1) is 11.9. The molecule has 0 aliphatic carbocycles. The van der Waals surface area contributed by atoms with Gasteiger partial charge in [-0.2, -0.15) is 0 Å². The number of fused-ring (bicyclic) bond motifs is 2. The average molecular weight is 312 g/mol. The van der Waals surface area contributed by atoms with E-state index >= 15 is 0 Å². The van der Waals surface area contributed by atoms with Crippen molar-refractivity contribution in [1.82, 2.24) is 0 Å². The highest BCUT2D eigenvalue weighted by Crippen LogP contribution is 2.37. The Morgan fingerprint density at radius 1 is 0.625 bits per heavy atom. The van der Waals surface area contributed by atoms with Gasteiger partial charge < -0.3 is 5.11 Å². The SMILES string of the molecule is OCCCc1ccc2ccccc2c1-c1cccc2ccccc12. The van der Waals surface area contributed by atoms with Crippen LogP contribution in [0.25, 0.3) is 32.7 Å². The fourth-order valence-electron chi connectivity index (χ4n) is 3.56. The summed E-state index contributed by atoms with van der Waals surface area (Å²) in [6.45, 7) is 0.224. The molecule has 4 aromatic carbocycles. The highest BCUT2D eigenvalue weighted by molar-refractivity contribution is 6.06. The largest absolute Gasteiger partial charge is 0.396 e. The molecule has 0 heterocycles. The molecule has 1 nitrogen and oxygen atoms in total. The molecule has 0 saturated carbocycles. The van der Waals surface area contributed by atoms with E-state index in [1.165, 1.54) is 38.2 Å². The minimum atomic E-state index is 0.224. The molecule has 1 heteroatoms. The first-order valence-electron chi connectivity index (χ1n) is 8.48. The maximum absolute atomic E-state index is 9.27. The maximum Gasteiger partial charge on any atom is 0.0434 e. The van der Waals surface area contributed by atoms with Crippen LogP contribution in [0.1, 0.15) is 12.0 Å². The smallest absolute Gasteiger partial charge is 0.0434 e. The first kappa shape index (κ1) is 14.9. The number of aryl methyl sites for hydroxylation is 1. The van der Waals surface area contributed by atoms with E-state index in [1.54, 1.807) is 0 Å². The van der Waals surface area contributed by atoms with Crippen molar-refractivity contribution in [2.75, 3.05) is 6.61 Å². The van der Waals surface area contributed by atoms with Crippen LogP contribution in [0.2, 0.25) is 0 Å². The normalized spacial score (nSPS) is 11.2. The predicted octanol–water partition coefficient (Wildman–Crippen LogP) is 5.58. The van der Waals surface area contributed by atoms with Crippen molar-refractivity contribution in [3.05, 3.63) is 84.4 Å². The third kappa shape index (κ3) is 2.57. The Labute approximate surface area is 142 Å². The monoisotopic (exact) mass is 312 g/mol. The lowest BCUT2D eigenvalue weighted by Crippen LogP contribution is -1.95. The minimum absolute atomic E-state index is 0.224. The van der Waals surface area contributed by atoms with Crippen LogP contribution in [0, 0.1) is 0 Å². The number of aliphatic hydroxyl groups is 1. The van der Waals surface area contributed by atoms with Gasteiger partial charge in [-0.25, -0.2) is 0 Å². The highest BCUT2D eigenvalue weighted by atomic mass is 16.2. The quantitative estimate of drug-likeness (QED) is 0.521. The van der Waals surface area contributed by atoms with Crippen molar-refractivity contribution in [2.24, 2.45) is 0 Å². The molecule has 0 atom stereocenters. The summed E-state index contributed by atoms with van der Waals surface area (Å²) >= 11 is 0. The van der Waals surface area contributed by atoms with Crippen molar-refractivity contribution >= 4 is 21.5 Å². The van der Waals surface area contributed by atoms with Crippen molar-refractivity contribution in [3.63, 3.8) is 0 Å². The van der Waals surface area contributed by atoms with Gasteiger partial charge in [0.25, 0.3) is 0 Å². The van der Waals surface area contributed by atoms with Gasteiger partial charge in [0.1, 0.15) is 0 Å². The summed E-state index contributed by atoms with van der Waals surface area (Å²) in [5.41, 5.74) is 3.88. The lowest BCUT2D eigenvalue weighted by Gasteiger charge is -2.15. The number of aliphatic hydroxyl groups excluding tert-OH is 1. The topological polar surface area (TPSA) is 20.2 Å². The lowest BCUT2D eigenvalue weighted by atomic mass is 9.89. The maximum atomic E-state index is 9.27. The number of hydrogen-bond acceptors (Lipinski definition) is 1. The van der Waals surface area contributed by atoms with Crippen LogP contribution in [0.15, 0.2) is 78.9 Å².